The van der Waals surface area contributed by atoms with Crippen molar-refractivity contribution < 1.29 is 0 Å². The van der Waals surface area contributed by atoms with Crippen LogP contribution in [0, 0.1) is 0 Å². The molecule has 2 N–H and O–H groups in total. The van der Waals surface area contributed by atoms with Gasteiger partial charge in [-0.2, -0.15) is 0 Å². The average molecular weight is 267 g/mol. The Balaban J connectivity index is 2.08. The fourth-order valence-corrected chi connectivity index (χ4v) is 1.92. The highest BCUT2D eigenvalue weighted by Gasteiger charge is 2.06. The summed E-state index contributed by atoms with van der Waals surface area (Å²) < 4.78 is 0. The fourth-order valence-electron chi connectivity index (χ4n) is 1.92. The first kappa shape index (κ1) is 16.1. The van der Waals surface area contributed by atoms with Gasteiger partial charge in [-0.3, -0.25) is 10.0 Å². The van der Waals surface area contributed by atoms with Crippen molar-refractivity contribution in [3.05, 3.63) is 12.3 Å². The zero-order valence-corrected chi connectivity index (χ0v) is 12.8. The van der Waals surface area contributed by atoms with Crippen molar-refractivity contribution in [2.45, 2.75) is 33.7 Å². The zero-order valence-electron chi connectivity index (χ0n) is 12.8. The predicted molar refractivity (Wildman–Crippen MR) is 82.2 cm³/mol. The van der Waals surface area contributed by atoms with E-state index in [0.29, 0.717) is 12.7 Å². The molecule has 0 aromatic rings. The highest BCUT2D eigenvalue weighted by atomic mass is 15.5. The Labute approximate surface area is 117 Å². The number of likely N-dealkylation sites (N-methyl/N-ethyl adjacent to an activating group) is 1. The van der Waals surface area contributed by atoms with Gasteiger partial charge < -0.3 is 10.2 Å². The quantitative estimate of drug-likeness (QED) is 0.655. The van der Waals surface area contributed by atoms with E-state index in [4.69, 9.17) is 0 Å². The second kappa shape index (κ2) is 9.07. The zero-order chi connectivity index (χ0) is 14.1. The maximum Gasteiger partial charge on any atom is 0.124 e. The van der Waals surface area contributed by atoms with Gasteiger partial charge in [0.25, 0.3) is 0 Å². The number of hydrazine groups is 1. The monoisotopic (exact) mass is 267 g/mol. The van der Waals surface area contributed by atoms with Crippen LogP contribution in [0.4, 0.5) is 0 Å². The molecule has 0 bridgehead atoms. The van der Waals surface area contributed by atoms with Crippen LogP contribution >= 0.6 is 0 Å². The van der Waals surface area contributed by atoms with E-state index in [2.05, 4.69) is 41.4 Å². The average Bonchev–Trinajstić information content (AvgIpc) is 2.43. The number of hydrogen-bond acceptors (Lipinski definition) is 5. The lowest BCUT2D eigenvalue weighted by molar-refractivity contribution is 0.254. The normalized spacial score (nSPS) is 16.9. The molecule has 0 saturated carbocycles. The first-order valence-corrected chi connectivity index (χ1v) is 7.30. The molecule has 0 aromatic carbocycles. The Morgan fingerprint density at radius 3 is 2.74 bits per heavy atom. The lowest BCUT2D eigenvalue weighted by Crippen LogP contribution is -2.45. The maximum absolute atomic E-state index is 4.36. The van der Waals surface area contributed by atoms with Crippen LogP contribution in [0.3, 0.4) is 0 Å². The van der Waals surface area contributed by atoms with Gasteiger partial charge in [-0.05, 0) is 33.0 Å². The third-order valence-corrected chi connectivity index (χ3v) is 3.38. The standard InChI is InChI=1S/C14H29N5/c1-5-18(6-2)10-8-15-14(4)11-17-19-9-7-13(3)16-12-19/h7,9,14-15,17H,5-6,8,10-12H2,1-4H3. The molecule has 1 rings (SSSR count). The minimum atomic E-state index is 0.455. The minimum Gasteiger partial charge on any atom is -0.312 e. The van der Waals surface area contributed by atoms with Crippen LogP contribution in [0.5, 0.6) is 0 Å². The number of allylic oxidation sites excluding steroid dienone is 1. The second-order valence-corrected chi connectivity index (χ2v) is 4.97. The molecule has 0 fully saturated rings. The molecule has 0 spiro atoms. The molecule has 1 heterocycles. The molecule has 110 valence electrons. The van der Waals surface area contributed by atoms with Gasteiger partial charge in [-0.15, -0.1) is 0 Å². The molecule has 1 unspecified atom stereocenters. The summed E-state index contributed by atoms with van der Waals surface area (Å²) in [7, 11) is 0. The highest BCUT2D eigenvalue weighted by molar-refractivity contribution is 5.93. The Hall–Kier alpha value is -0.910. The van der Waals surface area contributed by atoms with Crippen molar-refractivity contribution >= 4 is 5.71 Å². The molecule has 0 saturated heterocycles. The lowest BCUT2D eigenvalue weighted by atomic mass is 10.3. The number of rotatable bonds is 9. The van der Waals surface area contributed by atoms with Crippen molar-refractivity contribution in [1.82, 2.24) is 20.7 Å². The highest BCUT2D eigenvalue weighted by Crippen LogP contribution is 1.96. The molecule has 5 nitrogen and oxygen atoms in total. The largest absolute Gasteiger partial charge is 0.312 e. The van der Waals surface area contributed by atoms with Gasteiger partial charge in [-0.25, -0.2) is 5.43 Å². The third-order valence-electron chi connectivity index (χ3n) is 3.38. The summed E-state index contributed by atoms with van der Waals surface area (Å²) in [5, 5.41) is 5.56. The van der Waals surface area contributed by atoms with Gasteiger partial charge in [0, 0.05) is 37.6 Å². The van der Waals surface area contributed by atoms with Crippen LogP contribution in [0.2, 0.25) is 0 Å². The van der Waals surface area contributed by atoms with E-state index in [0.717, 1.165) is 38.4 Å². The van der Waals surface area contributed by atoms with Crippen molar-refractivity contribution in [3.8, 4) is 0 Å². The van der Waals surface area contributed by atoms with E-state index in [-0.39, 0.29) is 0 Å². The molecule has 0 amide bonds. The fraction of sp³-hybridized carbons (Fsp3) is 0.786. The Morgan fingerprint density at radius 1 is 1.42 bits per heavy atom. The van der Waals surface area contributed by atoms with Crippen LogP contribution in [-0.4, -0.2) is 61.1 Å². The van der Waals surface area contributed by atoms with Crippen molar-refractivity contribution in [1.29, 1.82) is 0 Å². The van der Waals surface area contributed by atoms with E-state index in [1.54, 1.807) is 0 Å². The topological polar surface area (TPSA) is 42.9 Å². The van der Waals surface area contributed by atoms with Crippen molar-refractivity contribution in [3.63, 3.8) is 0 Å². The van der Waals surface area contributed by atoms with E-state index in [9.17, 15) is 0 Å². The number of nitrogens with zero attached hydrogens (tertiary/aromatic N) is 3. The number of aliphatic imine (C=N–C) groups is 1. The van der Waals surface area contributed by atoms with Crippen molar-refractivity contribution in [2.75, 3.05) is 39.4 Å². The van der Waals surface area contributed by atoms with Gasteiger partial charge in [0.15, 0.2) is 0 Å². The molecule has 0 aliphatic carbocycles. The summed E-state index contributed by atoms with van der Waals surface area (Å²) >= 11 is 0. The molecule has 5 heteroatoms. The molecule has 0 aromatic heterocycles. The van der Waals surface area contributed by atoms with Gasteiger partial charge in [0.2, 0.25) is 0 Å². The molecule has 0 radical (unpaired) electrons. The SMILES string of the molecule is CCN(CC)CCNC(C)CNN1C=CC(C)=NC1. The molecule has 1 atom stereocenters. The first-order chi connectivity index (χ1) is 9.15. The number of hydrogen-bond donors (Lipinski definition) is 2. The molecular weight excluding hydrogens is 238 g/mol. The van der Waals surface area contributed by atoms with E-state index < -0.39 is 0 Å². The van der Waals surface area contributed by atoms with E-state index in [1.807, 2.05) is 24.2 Å². The smallest absolute Gasteiger partial charge is 0.124 e. The predicted octanol–water partition coefficient (Wildman–Crippen LogP) is 1.06. The van der Waals surface area contributed by atoms with Gasteiger partial charge in [0.1, 0.15) is 6.67 Å². The maximum atomic E-state index is 4.36. The summed E-state index contributed by atoms with van der Waals surface area (Å²) in [6, 6.07) is 0.455. The van der Waals surface area contributed by atoms with Crippen molar-refractivity contribution in [2.24, 2.45) is 4.99 Å². The molecular formula is C14H29N5. The van der Waals surface area contributed by atoms with Crippen LogP contribution in [0.25, 0.3) is 0 Å². The Kier molecular flexibility index (Phi) is 7.70. The van der Waals surface area contributed by atoms with Crippen LogP contribution in [0.15, 0.2) is 17.3 Å². The first-order valence-electron chi connectivity index (χ1n) is 7.30. The molecule has 19 heavy (non-hydrogen) atoms. The van der Waals surface area contributed by atoms with Crippen LogP contribution < -0.4 is 10.7 Å². The summed E-state index contributed by atoms with van der Waals surface area (Å²) in [4.78, 5) is 6.79. The minimum absolute atomic E-state index is 0.455. The Morgan fingerprint density at radius 2 is 2.16 bits per heavy atom. The summed E-state index contributed by atoms with van der Waals surface area (Å²) in [6.45, 7) is 14.7. The van der Waals surface area contributed by atoms with Gasteiger partial charge in [0.05, 0.1) is 0 Å². The van der Waals surface area contributed by atoms with E-state index in [1.165, 1.54) is 0 Å². The van der Waals surface area contributed by atoms with E-state index >= 15 is 0 Å². The second-order valence-electron chi connectivity index (χ2n) is 4.97. The number of nitrogens with one attached hydrogen (secondary N) is 2. The lowest BCUT2D eigenvalue weighted by Gasteiger charge is -2.25. The summed E-state index contributed by atoms with van der Waals surface area (Å²) in [5.74, 6) is 0. The summed E-state index contributed by atoms with van der Waals surface area (Å²) in [5.41, 5.74) is 4.46. The van der Waals surface area contributed by atoms with Crippen LogP contribution in [0.1, 0.15) is 27.7 Å². The Bertz CT molecular complexity index is 296. The summed E-state index contributed by atoms with van der Waals surface area (Å²) in [6.07, 6.45) is 4.07. The van der Waals surface area contributed by atoms with Crippen LogP contribution in [-0.2, 0) is 0 Å². The third kappa shape index (κ3) is 6.71. The molecule has 1 aliphatic heterocycles. The molecule has 1 aliphatic rings. The van der Waals surface area contributed by atoms with Gasteiger partial charge >= 0.3 is 0 Å². The van der Waals surface area contributed by atoms with Gasteiger partial charge in [-0.1, -0.05) is 13.8 Å².